The Kier molecular flexibility index (Phi) is 3.98. The maximum Gasteiger partial charge on any atom is 0.167 e. The third-order valence-electron chi connectivity index (χ3n) is 2.56. The van der Waals surface area contributed by atoms with Crippen LogP contribution in [0.25, 0.3) is 0 Å². The molecule has 0 aliphatic carbocycles. The molecule has 0 saturated heterocycles. The van der Waals surface area contributed by atoms with Crippen molar-refractivity contribution in [2.24, 2.45) is 11.5 Å². The molecule has 16 heavy (non-hydrogen) atoms. The van der Waals surface area contributed by atoms with Crippen molar-refractivity contribution in [3.8, 4) is 17.2 Å². The number of hydrogen-bond acceptors (Lipinski definition) is 5. The molecule has 0 heterocycles. The van der Waals surface area contributed by atoms with Crippen molar-refractivity contribution in [3.05, 3.63) is 17.2 Å². The fourth-order valence-corrected chi connectivity index (χ4v) is 1.61. The number of hydrogen-bond donors (Lipinski definition) is 3. The molecule has 0 amide bonds. The Hall–Kier alpha value is -1.46. The molecule has 0 unspecified atom stereocenters. The van der Waals surface area contributed by atoms with Gasteiger partial charge in [0.25, 0.3) is 0 Å². The highest BCUT2D eigenvalue weighted by molar-refractivity contribution is 5.58. The maximum absolute atomic E-state index is 9.98. The largest absolute Gasteiger partial charge is 0.504 e. The van der Waals surface area contributed by atoms with Gasteiger partial charge in [0.05, 0.1) is 14.2 Å². The first-order valence-electron chi connectivity index (χ1n) is 4.96. The van der Waals surface area contributed by atoms with Crippen LogP contribution in [0, 0.1) is 6.92 Å². The molecule has 1 aromatic carbocycles. The fourth-order valence-electron chi connectivity index (χ4n) is 1.61. The van der Waals surface area contributed by atoms with Crippen LogP contribution < -0.4 is 20.9 Å². The summed E-state index contributed by atoms with van der Waals surface area (Å²) in [7, 11) is 3.04. The van der Waals surface area contributed by atoms with Crippen molar-refractivity contribution < 1.29 is 14.6 Å². The molecule has 0 aliphatic rings. The quantitative estimate of drug-likeness (QED) is 0.702. The minimum atomic E-state index is -0.441. The summed E-state index contributed by atoms with van der Waals surface area (Å²) in [6.07, 6.45) is 0. The standard InChI is InChI=1S/C11H18N2O3/c1-6-9(15-2)4-7(8(13)5-12)10(14)11(6)16-3/h4,8,14H,5,12-13H2,1-3H3/t8-/m1/s1. The molecular weight excluding hydrogens is 208 g/mol. The smallest absolute Gasteiger partial charge is 0.167 e. The first kappa shape index (κ1) is 12.6. The molecule has 0 aliphatic heterocycles. The van der Waals surface area contributed by atoms with E-state index in [1.54, 1.807) is 20.1 Å². The summed E-state index contributed by atoms with van der Waals surface area (Å²) in [5, 5.41) is 9.98. The normalized spacial score (nSPS) is 12.3. The second kappa shape index (κ2) is 5.05. The highest BCUT2D eigenvalue weighted by Gasteiger charge is 2.19. The molecule has 1 aromatic rings. The van der Waals surface area contributed by atoms with Gasteiger partial charge in [0.1, 0.15) is 5.75 Å². The van der Waals surface area contributed by atoms with E-state index in [1.165, 1.54) is 7.11 Å². The molecule has 5 heteroatoms. The Balaban J connectivity index is 3.40. The first-order valence-corrected chi connectivity index (χ1v) is 4.96. The number of phenolic OH excluding ortho intramolecular Hbond substituents is 1. The minimum Gasteiger partial charge on any atom is -0.504 e. The van der Waals surface area contributed by atoms with Crippen LogP contribution >= 0.6 is 0 Å². The molecule has 5 N–H and O–H groups in total. The van der Waals surface area contributed by atoms with Crippen LogP contribution in [0.4, 0.5) is 0 Å². The first-order chi connectivity index (χ1) is 7.56. The van der Waals surface area contributed by atoms with E-state index in [0.29, 0.717) is 17.1 Å². The molecule has 0 fully saturated rings. The summed E-state index contributed by atoms with van der Waals surface area (Å²) in [5.74, 6) is 1.02. The Morgan fingerprint density at radius 1 is 1.38 bits per heavy atom. The number of benzene rings is 1. The van der Waals surface area contributed by atoms with E-state index >= 15 is 0 Å². The van der Waals surface area contributed by atoms with Gasteiger partial charge >= 0.3 is 0 Å². The number of phenols is 1. The van der Waals surface area contributed by atoms with Crippen molar-refractivity contribution >= 4 is 0 Å². The number of rotatable bonds is 4. The Morgan fingerprint density at radius 3 is 2.44 bits per heavy atom. The summed E-state index contributed by atoms with van der Waals surface area (Å²) in [5.41, 5.74) is 12.5. The monoisotopic (exact) mass is 226 g/mol. The van der Waals surface area contributed by atoms with Crippen LogP contribution in [0.3, 0.4) is 0 Å². The number of aromatic hydroxyl groups is 1. The van der Waals surface area contributed by atoms with Gasteiger partial charge in [-0.05, 0) is 13.0 Å². The summed E-state index contributed by atoms with van der Waals surface area (Å²) in [6, 6.07) is 1.24. The highest BCUT2D eigenvalue weighted by Crippen LogP contribution is 2.41. The summed E-state index contributed by atoms with van der Waals surface area (Å²) in [6.45, 7) is 2.04. The zero-order valence-corrected chi connectivity index (χ0v) is 9.78. The topological polar surface area (TPSA) is 90.7 Å². The minimum absolute atomic E-state index is 0.0266. The molecule has 1 atom stereocenters. The predicted molar refractivity (Wildman–Crippen MR) is 61.9 cm³/mol. The average Bonchev–Trinajstić information content (AvgIpc) is 2.29. The predicted octanol–water partition coefficient (Wildman–Crippen LogP) is 0.676. The molecule has 0 spiro atoms. The second-order valence-electron chi connectivity index (χ2n) is 3.52. The van der Waals surface area contributed by atoms with E-state index in [1.807, 2.05) is 0 Å². The molecule has 1 rings (SSSR count). The number of methoxy groups -OCH3 is 2. The van der Waals surface area contributed by atoms with E-state index in [-0.39, 0.29) is 12.3 Å². The third-order valence-corrected chi connectivity index (χ3v) is 2.56. The third kappa shape index (κ3) is 2.05. The Morgan fingerprint density at radius 2 is 2.00 bits per heavy atom. The van der Waals surface area contributed by atoms with E-state index in [4.69, 9.17) is 20.9 Å². The Labute approximate surface area is 95.0 Å². The van der Waals surface area contributed by atoms with Crippen molar-refractivity contribution in [1.29, 1.82) is 0 Å². The summed E-state index contributed by atoms with van der Waals surface area (Å²) in [4.78, 5) is 0. The van der Waals surface area contributed by atoms with E-state index in [2.05, 4.69) is 0 Å². The van der Waals surface area contributed by atoms with Crippen LogP contribution in [0.5, 0.6) is 17.2 Å². The molecule has 90 valence electrons. The lowest BCUT2D eigenvalue weighted by Gasteiger charge is -2.18. The van der Waals surface area contributed by atoms with Gasteiger partial charge in [-0.1, -0.05) is 0 Å². The van der Waals surface area contributed by atoms with Gasteiger partial charge in [0, 0.05) is 23.7 Å². The van der Waals surface area contributed by atoms with Gasteiger partial charge in [0.15, 0.2) is 11.5 Å². The van der Waals surface area contributed by atoms with Gasteiger partial charge < -0.3 is 26.0 Å². The number of ether oxygens (including phenoxy) is 2. The van der Waals surface area contributed by atoms with E-state index < -0.39 is 6.04 Å². The Bertz CT molecular complexity index is 380. The van der Waals surface area contributed by atoms with Gasteiger partial charge in [0.2, 0.25) is 0 Å². The summed E-state index contributed by atoms with van der Waals surface area (Å²) >= 11 is 0. The highest BCUT2D eigenvalue weighted by atomic mass is 16.5. The molecule has 0 bridgehead atoms. The maximum atomic E-state index is 9.98. The second-order valence-corrected chi connectivity index (χ2v) is 3.52. The van der Waals surface area contributed by atoms with Crippen molar-refractivity contribution in [3.63, 3.8) is 0 Å². The lowest BCUT2D eigenvalue weighted by Crippen LogP contribution is -2.21. The fraction of sp³-hybridized carbons (Fsp3) is 0.455. The van der Waals surface area contributed by atoms with Crippen LogP contribution in [0.2, 0.25) is 0 Å². The van der Waals surface area contributed by atoms with Gasteiger partial charge in [-0.15, -0.1) is 0 Å². The molecule has 5 nitrogen and oxygen atoms in total. The zero-order chi connectivity index (χ0) is 12.3. The summed E-state index contributed by atoms with van der Waals surface area (Å²) < 4.78 is 10.3. The number of nitrogens with two attached hydrogens (primary N) is 2. The van der Waals surface area contributed by atoms with Crippen molar-refractivity contribution in [2.45, 2.75) is 13.0 Å². The van der Waals surface area contributed by atoms with Crippen molar-refractivity contribution in [1.82, 2.24) is 0 Å². The lowest BCUT2D eigenvalue weighted by atomic mass is 10.0. The van der Waals surface area contributed by atoms with Crippen LogP contribution in [-0.2, 0) is 0 Å². The van der Waals surface area contributed by atoms with Crippen LogP contribution in [-0.4, -0.2) is 25.9 Å². The van der Waals surface area contributed by atoms with E-state index in [9.17, 15) is 5.11 Å². The van der Waals surface area contributed by atoms with Crippen LogP contribution in [0.15, 0.2) is 6.07 Å². The molecule has 0 saturated carbocycles. The SMILES string of the molecule is COc1cc([C@H](N)CN)c(O)c(OC)c1C. The molecular formula is C11H18N2O3. The van der Waals surface area contributed by atoms with Gasteiger partial charge in [-0.3, -0.25) is 0 Å². The van der Waals surface area contributed by atoms with Crippen LogP contribution in [0.1, 0.15) is 17.2 Å². The average molecular weight is 226 g/mol. The lowest BCUT2D eigenvalue weighted by molar-refractivity contribution is 0.355. The molecule has 0 aromatic heterocycles. The van der Waals surface area contributed by atoms with Gasteiger partial charge in [-0.2, -0.15) is 0 Å². The molecule has 0 radical (unpaired) electrons. The van der Waals surface area contributed by atoms with Crippen molar-refractivity contribution in [2.75, 3.05) is 20.8 Å². The van der Waals surface area contributed by atoms with Gasteiger partial charge in [-0.25, -0.2) is 0 Å². The zero-order valence-electron chi connectivity index (χ0n) is 9.78. The van der Waals surface area contributed by atoms with E-state index in [0.717, 1.165) is 5.56 Å².